The van der Waals surface area contributed by atoms with Crippen LogP contribution in [0.5, 0.6) is 17.2 Å². The lowest BCUT2D eigenvalue weighted by atomic mass is 10.2. The molecule has 7 nitrogen and oxygen atoms in total. The van der Waals surface area contributed by atoms with Crippen molar-refractivity contribution >= 4 is 29.2 Å². The first-order valence-electron chi connectivity index (χ1n) is 8.31. The molecule has 1 N–H and O–H groups in total. The van der Waals surface area contributed by atoms with Gasteiger partial charge in [-0.25, -0.2) is 4.79 Å². The summed E-state index contributed by atoms with van der Waals surface area (Å²) in [7, 11) is 0. The Hall–Kier alpha value is -2.93. The second kappa shape index (κ2) is 8.18. The van der Waals surface area contributed by atoms with Gasteiger partial charge in [0.05, 0.1) is 17.2 Å². The van der Waals surface area contributed by atoms with Gasteiger partial charge in [0.25, 0.3) is 5.91 Å². The van der Waals surface area contributed by atoms with E-state index < -0.39 is 18.0 Å². The molecule has 0 fully saturated rings. The number of esters is 1. The molecule has 8 heteroatoms. The maximum Gasteiger partial charge on any atom is 0.339 e. The number of carbonyl (C=O) groups is 2. The number of benzene rings is 2. The van der Waals surface area contributed by atoms with Gasteiger partial charge in [-0.05, 0) is 50.2 Å². The van der Waals surface area contributed by atoms with Crippen LogP contribution in [0.3, 0.4) is 0 Å². The average Bonchev–Trinajstić information content (AvgIpc) is 3.12. The van der Waals surface area contributed by atoms with E-state index in [1.807, 2.05) is 6.92 Å². The smallest absolute Gasteiger partial charge is 0.339 e. The van der Waals surface area contributed by atoms with Crippen molar-refractivity contribution in [1.82, 2.24) is 0 Å². The van der Waals surface area contributed by atoms with E-state index in [0.717, 1.165) is 0 Å². The van der Waals surface area contributed by atoms with Gasteiger partial charge in [0.1, 0.15) is 5.75 Å². The zero-order valence-electron chi connectivity index (χ0n) is 14.8. The third-order valence-electron chi connectivity index (χ3n) is 3.75. The van der Waals surface area contributed by atoms with Gasteiger partial charge in [0, 0.05) is 5.69 Å². The number of halogens is 1. The topological polar surface area (TPSA) is 83.1 Å². The third-order valence-corrected chi connectivity index (χ3v) is 4.03. The Bertz CT molecular complexity index is 852. The molecule has 3 rings (SSSR count). The lowest BCUT2D eigenvalue weighted by molar-refractivity contribution is -0.123. The van der Waals surface area contributed by atoms with E-state index in [4.69, 9.17) is 30.5 Å². The number of carbonyl (C=O) groups excluding carboxylic acids is 2. The summed E-state index contributed by atoms with van der Waals surface area (Å²) in [6, 6.07) is 9.76. The van der Waals surface area contributed by atoms with Gasteiger partial charge in [-0.3, -0.25) is 4.79 Å². The van der Waals surface area contributed by atoms with E-state index >= 15 is 0 Å². The number of amides is 1. The van der Waals surface area contributed by atoms with Crippen LogP contribution in [0.2, 0.25) is 5.02 Å². The van der Waals surface area contributed by atoms with Gasteiger partial charge in [0.15, 0.2) is 17.6 Å². The monoisotopic (exact) mass is 391 g/mol. The van der Waals surface area contributed by atoms with Gasteiger partial charge in [-0.2, -0.15) is 0 Å². The summed E-state index contributed by atoms with van der Waals surface area (Å²) in [6.45, 7) is 3.96. The summed E-state index contributed by atoms with van der Waals surface area (Å²) >= 11 is 6.06. The molecule has 27 heavy (non-hydrogen) atoms. The summed E-state index contributed by atoms with van der Waals surface area (Å²) in [4.78, 5) is 24.6. The molecule has 1 aliphatic rings. The Morgan fingerprint density at radius 1 is 1.22 bits per heavy atom. The molecule has 0 saturated heterocycles. The summed E-state index contributed by atoms with van der Waals surface area (Å²) in [5.41, 5.74) is 0.738. The molecule has 0 aromatic heterocycles. The fourth-order valence-electron chi connectivity index (χ4n) is 2.41. The molecule has 1 aliphatic heterocycles. The highest BCUT2D eigenvalue weighted by molar-refractivity contribution is 6.32. The third kappa shape index (κ3) is 4.43. The van der Waals surface area contributed by atoms with Gasteiger partial charge in [-0.1, -0.05) is 11.6 Å². The molecule has 1 heterocycles. The molecule has 2 aromatic carbocycles. The molecule has 0 aliphatic carbocycles. The molecular weight excluding hydrogens is 374 g/mol. The number of hydrogen-bond donors (Lipinski definition) is 1. The van der Waals surface area contributed by atoms with Crippen molar-refractivity contribution in [2.45, 2.75) is 20.0 Å². The zero-order chi connectivity index (χ0) is 19.4. The van der Waals surface area contributed by atoms with Crippen LogP contribution >= 0.6 is 11.6 Å². The maximum absolute atomic E-state index is 12.3. The first-order valence-corrected chi connectivity index (χ1v) is 8.69. The predicted octanol–water partition coefficient (Wildman–Crippen LogP) is 3.65. The van der Waals surface area contributed by atoms with Crippen molar-refractivity contribution in [2.75, 3.05) is 18.7 Å². The SMILES string of the molecule is CCOc1ccc(NC(=O)[C@@H](C)OC(=O)c2cc(Cl)c3c(c2)OCO3)cc1. The number of anilines is 1. The highest BCUT2D eigenvalue weighted by Crippen LogP contribution is 2.39. The maximum atomic E-state index is 12.3. The van der Waals surface area contributed by atoms with E-state index in [9.17, 15) is 9.59 Å². The average molecular weight is 392 g/mol. The Kier molecular flexibility index (Phi) is 5.71. The summed E-state index contributed by atoms with van der Waals surface area (Å²) in [6.07, 6.45) is -1.01. The first kappa shape index (κ1) is 18.8. The van der Waals surface area contributed by atoms with E-state index in [2.05, 4.69) is 5.32 Å². The fraction of sp³-hybridized carbons (Fsp3) is 0.263. The molecule has 142 valence electrons. The standard InChI is InChI=1S/C19H18ClNO6/c1-3-24-14-6-4-13(5-7-14)21-18(22)11(2)27-19(23)12-8-15(20)17-16(9-12)25-10-26-17/h4-9,11H,3,10H2,1-2H3,(H,21,22)/t11-/m1/s1. The van der Waals surface area contributed by atoms with Crippen molar-refractivity contribution in [2.24, 2.45) is 0 Å². The van der Waals surface area contributed by atoms with Gasteiger partial charge < -0.3 is 24.3 Å². The molecule has 1 atom stereocenters. The van der Waals surface area contributed by atoms with E-state index in [0.29, 0.717) is 29.5 Å². The summed E-state index contributed by atoms with van der Waals surface area (Å²) < 4.78 is 21.0. The van der Waals surface area contributed by atoms with Crippen molar-refractivity contribution in [1.29, 1.82) is 0 Å². The highest BCUT2D eigenvalue weighted by Gasteiger charge is 2.24. The van der Waals surface area contributed by atoms with Crippen LogP contribution in [0.25, 0.3) is 0 Å². The Morgan fingerprint density at radius 2 is 1.96 bits per heavy atom. The van der Waals surface area contributed by atoms with Crippen LogP contribution in [0.15, 0.2) is 36.4 Å². The van der Waals surface area contributed by atoms with Crippen molar-refractivity contribution in [3.8, 4) is 17.2 Å². The van der Waals surface area contributed by atoms with Crippen LogP contribution < -0.4 is 19.5 Å². The second-order valence-corrected chi connectivity index (χ2v) is 6.09. The van der Waals surface area contributed by atoms with Crippen LogP contribution in [-0.2, 0) is 9.53 Å². The molecule has 1 amide bonds. The quantitative estimate of drug-likeness (QED) is 0.757. The predicted molar refractivity (Wildman–Crippen MR) is 98.7 cm³/mol. The Balaban J connectivity index is 1.61. The number of ether oxygens (including phenoxy) is 4. The molecule has 2 aromatic rings. The minimum Gasteiger partial charge on any atom is -0.494 e. The summed E-state index contributed by atoms with van der Waals surface area (Å²) in [5, 5.41) is 2.92. The molecule has 0 unspecified atom stereocenters. The van der Waals surface area contributed by atoms with Crippen molar-refractivity contribution in [3.63, 3.8) is 0 Å². The van der Waals surface area contributed by atoms with E-state index in [1.165, 1.54) is 19.1 Å². The van der Waals surface area contributed by atoms with Gasteiger partial charge in [0.2, 0.25) is 6.79 Å². The normalized spacial score (nSPS) is 13.0. The Morgan fingerprint density at radius 3 is 2.67 bits per heavy atom. The lowest BCUT2D eigenvalue weighted by Gasteiger charge is -2.14. The van der Waals surface area contributed by atoms with Crippen LogP contribution in [-0.4, -0.2) is 31.4 Å². The van der Waals surface area contributed by atoms with Crippen LogP contribution in [0, 0.1) is 0 Å². The van der Waals surface area contributed by atoms with Crippen LogP contribution in [0.1, 0.15) is 24.2 Å². The minimum absolute atomic E-state index is 0.0362. The van der Waals surface area contributed by atoms with Gasteiger partial charge in [-0.15, -0.1) is 0 Å². The fourth-order valence-corrected chi connectivity index (χ4v) is 2.68. The molecule has 0 saturated carbocycles. The van der Waals surface area contributed by atoms with Crippen molar-refractivity contribution < 1.29 is 28.5 Å². The second-order valence-electron chi connectivity index (χ2n) is 5.69. The number of fused-ring (bicyclic) bond motifs is 1. The summed E-state index contributed by atoms with van der Waals surface area (Å²) in [5.74, 6) is 0.300. The van der Waals surface area contributed by atoms with Gasteiger partial charge >= 0.3 is 5.97 Å². The van der Waals surface area contributed by atoms with Crippen LogP contribution in [0.4, 0.5) is 5.69 Å². The first-order chi connectivity index (χ1) is 13.0. The lowest BCUT2D eigenvalue weighted by Crippen LogP contribution is -2.30. The van der Waals surface area contributed by atoms with E-state index in [1.54, 1.807) is 24.3 Å². The molecule has 0 spiro atoms. The zero-order valence-corrected chi connectivity index (χ0v) is 15.5. The largest absolute Gasteiger partial charge is 0.494 e. The number of hydrogen-bond acceptors (Lipinski definition) is 6. The highest BCUT2D eigenvalue weighted by atomic mass is 35.5. The molecular formula is C19H18ClNO6. The molecule has 0 radical (unpaired) electrons. The molecule has 0 bridgehead atoms. The number of nitrogens with one attached hydrogen (secondary N) is 1. The minimum atomic E-state index is -1.01. The Labute approximate surface area is 161 Å². The number of rotatable bonds is 6. The van der Waals surface area contributed by atoms with Crippen molar-refractivity contribution in [3.05, 3.63) is 47.0 Å². The van der Waals surface area contributed by atoms with E-state index in [-0.39, 0.29) is 17.4 Å².